The lowest BCUT2D eigenvalue weighted by Crippen LogP contribution is -2.26. The van der Waals surface area contributed by atoms with E-state index in [4.69, 9.17) is 0 Å². The van der Waals surface area contributed by atoms with Gasteiger partial charge >= 0.3 is 0 Å². The van der Waals surface area contributed by atoms with Crippen LogP contribution in [-0.2, 0) is 0 Å². The van der Waals surface area contributed by atoms with Gasteiger partial charge in [-0.25, -0.2) is 0 Å². The first-order chi connectivity index (χ1) is 8.18. The van der Waals surface area contributed by atoms with Gasteiger partial charge in [0.2, 0.25) is 0 Å². The van der Waals surface area contributed by atoms with Gasteiger partial charge in [0.25, 0.3) is 0 Å². The summed E-state index contributed by atoms with van der Waals surface area (Å²) in [5, 5.41) is 3.66. The molecule has 17 heavy (non-hydrogen) atoms. The molecule has 1 heteroatoms. The van der Waals surface area contributed by atoms with Crippen LogP contribution < -0.4 is 5.32 Å². The quantitative estimate of drug-likeness (QED) is 0.787. The lowest BCUT2D eigenvalue weighted by molar-refractivity contribution is 0.454. The molecule has 1 aromatic rings. The summed E-state index contributed by atoms with van der Waals surface area (Å²) in [5.74, 6) is 3.24. The van der Waals surface area contributed by atoms with Gasteiger partial charge in [-0.05, 0) is 42.2 Å². The molecular formula is C16H25N. The molecule has 0 radical (unpaired) electrons. The Morgan fingerprint density at radius 1 is 1.24 bits per heavy atom. The fraction of sp³-hybridized carbons (Fsp3) is 0.625. The largest absolute Gasteiger partial charge is 0.316 e. The van der Waals surface area contributed by atoms with Crippen LogP contribution in [0.2, 0.25) is 0 Å². The second-order valence-corrected chi connectivity index (χ2v) is 5.89. The van der Waals surface area contributed by atoms with Crippen LogP contribution in [-0.4, -0.2) is 13.1 Å². The molecule has 1 nitrogen and oxygen atoms in total. The van der Waals surface area contributed by atoms with E-state index in [9.17, 15) is 0 Å². The van der Waals surface area contributed by atoms with Crippen LogP contribution in [0.4, 0.5) is 0 Å². The molecule has 0 spiro atoms. The van der Waals surface area contributed by atoms with Gasteiger partial charge < -0.3 is 5.32 Å². The highest BCUT2D eigenvalue weighted by Crippen LogP contribution is 2.36. The molecule has 1 fully saturated rings. The van der Waals surface area contributed by atoms with E-state index < -0.39 is 0 Å². The smallest absolute Gasteiger partial charge is 0.00227 e. The Morgan fingerprint density at radius 3 is 2.41 bits per heavy atom. The zero-order valence-corrected chi connectivity index (χ0v) is 11.3. The predicted molar refractivity (Wildman–Crippen MR) is 74.2 cm³/mol. The Bertz CT molecular complexity index is 331. The van der Waals surface area contributed by atoms with E-state index >= 15 is 0 Å². The van der Waals surface area contributed by atoms with Crippen LogP contribution in [0, 0.1) is 17.8 Å². The molecule has 0 amide bonds. The summed E-state index contributed by atoms with van der Waals surface area (Å²) >= 11 is 0. The monoisotopic (exact) mass is 231 g/mol. The Hall–Kier alpha value is -0.820. The summed E-state index contributed by atoms with van der Waals surface area (Å²) in [7, 11) is 0. The number of hydrogen-bond donors (Lipinski definition) is 1. The maximum absolute atomic E-state index is 3.66. The molecule has 3 atom stereocenters. The molecule has 94 valence electrons. The lowest BCUT2D eigenvalue weighted by atomic mass is 9.88. The standard InChI is InChI=1S/C16H25N/c1-12(2)16(14-7-5-4-6-8-14)11-17-10-15-9-13(15)3/h4-8,12-13,15-17H,9-11H2,1-3H3. The van der Waals surface area contributed by atoms with Crippen LogP contribution in [0.5, 0.6) is 0 Å². The molecule has 0 aromatic heterocycles. The van der Waals surface area contributed by atoms with Crippen LogP contribution in [0.25, 0.3) is 0 Å². The van der Waals surface area contributed by atoms with Gasteiger partial charge in [-0.15, -0.1) is 0 Å². The molecule has 0 heterocycles. The van der Waals surface area contributed by atoms with Crippen molar-refractivity contribution < 1.29 is 0 Å². The van der Waals surface area contributed by atoms with Crippen LogP contribution >= 0.6 is 0 Å². The summed E-state index contributed by atoms with van der Waals surface area (Å²) in [5.41, 5.74) is 1.47. The van der Waals surface area contributed by atoms with Gasteiger partial charge in [-0.3, -0.25) is 0 Å². The Labute approximate surface area is 106 Å². The molecule has 0 bridgehead atoms. The number of benzene rings is 1. The molecule has 0 aliphatic heterocycles. The van der Waals surface area contributed by atoms with Gasteiger partial charge in [0.1, 0.15) is 0 Å². The van der Waals surface area contributed by atoms with Gasteiger partial charge in [0.15, 0.2) is 0 Å². The molecule has 1 aromatic carbocycles. The minimum absolute atomic E-state index is 0.644. The second kappa shape index (κ2) is 5.68. The van der Waals surface area contributed by atoms with Crippen molar-refractivity contribution >= 4 is 0 Å². The third-order valence-electron chi connectivity index (χ3n) is 4.08. The number of hydrogen-bond acceptors (Lipinski definition) is 1. The average molecular weight is 231 g/mol. The Morgan fingerprint density at radius 2 is 1.88 bits per heavy atom. The van der Waals surface area contributed by atoms with E-state index in [1.165, 1.54) is 18.5 Å². The summed E-state index contributed by atoms with van der Waals surface area (Å²) < 4.78 is 0. The topological polar surface area (TPSA) is 12.0 Å². The van der Waals surface area contributed by atoms with Crippen molar-refractivity contribution in [2.24, 2.45) is 17.8 Å². The maximum Gasteiger partial charge on any atom is 0.00227 e. The summed E-state index contributed by atoms with van der Waals surface area (Å²) in [6, 6.07) is 10.9. The van der Waals surface area contributed by atoms with Crippen LogP contribution in [0.15, 0.2) is 30.3 Å². The van der Waals surface area contributed by atoms with Crippen molar-refractivity contribution in [3.63, 3.8) is 0 Å². The minimum Gasteiger partial charge on any atom is -0.316 e. The van der Waals surface area contributed by atoms with Gasteiger partial charge in [-0.2, -0.15) is 0 Å². The third-order valence-corrected chi connectivity index (χ3v) is 4.08. The SMILES string of the molecule is CC(C)C(CNCC1CC1C)c1ccccc1. The fourth-order valence-electron chi connectivity index (χ4n) is 2.55. The molecule has 1 saturated carbocycles. The number of rotatable bonds is 6. The fourth-order valence-corrected chi connectivity index (χ4v) is 2.55. The van der Waals surface area contributed by atoms with E-state index in [2.05, 4.69) is 56.4 Å². The summed E-state index contributed by atoms with van der Waals surface area (Å²) in [6.07, 6.45) is 1.42. The first kappa shape index (κ1) is 12.6. The van der Waals surface area contributed by atoms with E-state index in [0.717, 1.165) is 18.4 Å². The number of nitrogens with one attached hydrogen (secondary N) is 1. The molecule has 1 aliphatic rings. The van der Waals surface area contributed by atoms with Gasteiger partial charge in [0.05, 0.1) is 0 Å². The minimum atomic E-state index is 0.644. The molecule has 1 aliphatic carbocycles. The van der Waals surface area contributed by atoms with Crippen LogP contribution in [0.1, 0.15) is 38.7 Å². The van der Waals surface area contributed by atoms with Crippen molar-refractivity contribution in [2.75, 3.05) is 13.1 Å². The highest BCUT2D eigenvalue weighted by atomic mass is 14.9. The van der Waals surface area contributed by atoms with E-state index in [-0.39, 0.29) is 0 Å². The van der Waals surface area contributed by atoms with Gasteiger partial charge in [-0.1, -0.05) is 51.1 Å². The third kappa shape index (κ3) is 3.57. The van der Waals surface area contributed by atoms with Crippen molar-refractivity contribution in [1.82, 2.24) is 5.32 Å². The van der Waals surface area contributed by atoms with Crippen molar-refractivity contribution in [1.29, 1.82) is 0 Å². The zero-order chi connectivity index (χ0) is 12.3. The average Bonchev–Trinajstić information content (AvgIpc) is 3.01. The van der Waals surface area contributed by atoms with Crippen molar-refractivity contribution in [2.45, 2.75) is 33.1 Å². The lowest BCUT2D eigenvalue weighted by Gasteiger charge is -2.22. The maximum atomic E-state index is 3.66. The molecule has 2 rings (SSSR count). The molecule has 0 saturated heterocycles. The van der Waals surface area contributed by atoms with Crippen LogP contribution in [0.3, 0.4) is 0 Å². The summed E-state index contributed by atoms with van der Waals surface area (Å²) in [6.45, 7) is 9.31. The van der Waals surface area contributed by atoms with E-state index in [1.807, 2.05) is 0 Å². The summed E-state index contributed by atoms with van der Waals surface area (Å²) in [4.78, 5) is 0. The molecular weight excluding hydrogens is 206 g/mol. The van der Waals surface area contributed by atoms with E-state index in [1.54, 1.807) is 0 Å². The molecule has 1 N–H and O–H groups in total. The van der Waals surface area contributed by atoms with E-state index in [0.29, 0.717) is 11.8 Å². The first-order valence-corrected chi connectivity index (χ1v) is 6.94. The van der Waals surface area contributed by atoms with Gasteiger partial charge in [0, 0.05) is 6.54 Å². The zero-order valence-electron chi connectivity index (χ0n) is 11.3. The molecule has 3 unspecified atom stereocenters. The van der Waals surface area contributed by atoms with Crippen molar-refractivity contribution in [3.8, 4) is 0 Å². The highest BCUT2D eigenvalue weighted by Gasteiger charge is 2.31. The first-order valence-electron chi connectivity index (χ1n) is 6.94. The predicted octanol–water partition coefficient (Wildman–Crippen LogP) is 3.67. The van der Waals surface area contributed by atoms with Crippen molar-refractivity contribution in [3.05, 3.63) is 35.9 Å². The Balaban J connectivity index is 1.85. The highest BCUT2D eigenvalue weighted by molar-refractivity contribution is 5.20. The Kier molecular flexibility index (Phi) is 4.22. The normalized spacial score (nSPS) is 24.9. The second-order valence-electron chi connectivity index (χ2n) is 5.89.